The summed E-state index contributed by atoms with van der Waals surface area (Å²) in [4.78, 5) is 0. The molecule has 0 bridgehead atoms. The molecule has 0 aliphatic heterocycles. The van der Waals surface area contributed by atoms with Crippen molar-refractivity contribution in [1.82, 2.24) is 0 Å². The maximum atomic E-state index is 5.77. The molecule has 0 fully saturated rings. The molecule has 144 valence electrons. The molecular weight excluding hydrogens is 364 g/mol. The van der Waals surface area contributed by atoms with Gasteiger partial charge in [-0.2, -0.15) is 0 Å². The molecule has 0 radical (unpaired) electrons. The molecule has 6 nitrogen and oxygen atoms in total. The molecule has 27 heavy (non-hydrogen) atoms. The molecule has 0 unspecified atom stereocenters. The van der Waals surface area contributed by atoms with Gasteiger partial charge in [0.2, 0.25) is 5.96 Å². The normalized spacial score (nSPS) is 11.1. The molecule has 2 aromatic rings. The molecule has 0 amide bonds. The summed E-state index contributed by atoms with van der Waals surface area (Å²) in [6, 6.07) is 12.0. The molecule has 0 heterocycles. The summed E-state index contributed by atoms with van der Waals surface area (Å²) in [6.45, 7) is 5.49. The van der Waals surface area contributed by atoms with E-state index in [0.717, 1.165) is 46.6 Å². The van der Waals surface area contributed by atoms with E-state index in [0.29, 0.717) is 18.9 Å². The lowest BCUT2D eigenvalue weighted by Gasteiger charge is -2.07. The Labute approximate surface area is 165 Å². The van der Waals surface area contributed by atoms with Gasteiger partial charge in [-0.3, -0.25) is 0 Å². The highest BCUT2D eigenvalue weighted by Gasteiger charge is 2.26. The maximum Gasteiger partial charge on any atom is 0.211 e. The van der Waals surface area contributed by atoms with Crippen LogP contribution in [0.5, 0.6) is 11.5 Å². The first-order valence-electron chi connectivity index (χ1n) is 8.85. The van der Waals surface area contributed by atoms with Gasteiger partial charge in [0.05, 0.1) is 13.2 Å². The lowest BCUT2D eigenvalue weighted by molar-refractivity contribution is -0.00000651. The number of nitrogens with zero attached hydrogens (tertiary/aromatic N) is 2. The van der Waals surface area contributed by atoms with E-state index < -0.39 is 0 Å². The third-order valence-corrected chi connectivity index (χ3v) is 3.99. The first-order chi connectivity index (χ1) is 12.6. The number of rotatable bonds is 7. The van der Waals surface area contributed by atoms with Crippen LogP contribution in [-0.4, -0.2) is 24.9 Å². The van der Waals surface area contributed by atoms with Gasteiger partial charge in [-0.25, -0.2) is 0 Å². The van der Waals surface area contributed by atoms with E-state index >= 15 is 0 Å². The van der Waals surface area contributed by atoms with Crippen LogP contribution in [0.1, 0.15) is 37.8 Å². The number of guanidine groups is 1. The van der Waals surface area contributed by atoms with Crippen LogP contribution < -0.4 is 33.3 Å². The van der Waals surface area contributed by atoms with Gasteiger partial charge < -0.3 is 33.3 Å². The topological polar surface area (TPSA) is 95.2 Å². The minimum Gasteiger partial charge on any atom is -1.00 e. The fourth-order valence-corrected chi connectivity index (χ4v) is 2.89. The molecule has 0 spiro atoms. The van der Waals surface area contributed by atoms with Gasteiger partial charge in [0, 0.05) is 11.1 Å². The van der Waals surface area contributed by atoms with E-state index in [9.17, 15) is 0 Å². The lowest BCUT2D eigenvalue weighted by atomic mass is 10.1. The maximum absolute atomic E-state index is 5.77. The second kappa shape index (κ2) is 9.28. The predicted molar refractivity (Wildman–Crippen MR) is 105 cm³/mol. The van der Waals surface area contributed by atoms with Gasteiger partial charge in [-0.1, -0.05) is 13.8 Å². The molecule has 2 aromatic carbocycles. The molecule has 0 aromatic heterocycles. The second-order valence-electron chi connectivity index (χ2n) is 6.09. The third kappa shape index (κ3) is 4.52. The molecule has 0 saturated heterocycles. The highest BCUT2D eigenvalue weighted by molar-refractivity contribution is 6.24. The van der Waals surface area contributed by atoms with E-state index in [1.165, 1.54) is 0 Å². The number of fused-ring (bicyclic) bond motifs is 3. The molecule has 3 rings (SSSR count). The van der Waals surface area contributed by atoms with Crippen LogP contribution in [0.25, 0.3) is 11.1 Å². The molecule has 0 saturated carbocycles. The fourth-order valence-electron chi connectivity index (χ4n) is 2.89. The second-order valence-corrected chi connectivity index (χ2v) is 6.09. The highest BCUT2D eigenvalue weighted by Crippen LogP contribution is 2.40. The van der Waals surface area contributed by atoms with Crippen LogP contribution in [0.3, 0.4) is 0 Å². The van der Waals surface area contributed by atoms with E-state index in [1.807, 2.05) is 36.4 Å². The smallest absolute Gasteiger partial charge is 0.211 e. The van der Waals surface area contributed by atoms with Crippen molar-refractivity contribution in [3.63, 3.8) is 0 Å². The zero-order valence-corrected chi connectivity index (χ0v) is 16.3. The van der Waals surface area contributed by atoms with Crippen LogP contribution in [0.4, 0.5) is 0 Å². The first-order valence-corrected chi connectivity index (χ1v) is 8.85. The van der Waals surface area contributed by atoms with Crippen molar-refractivity contribution < 1.29 is 21.9 Å². The first kappa shape index (κ1) is 20.6. The van der Waals surface area contributed by atoms with Gasteiger partial charge in [0.1, 0.15) is 17.2 Å². The van der Waals surface area contributed by atoms with Crippen molar-refractivity contribution in [2.24, 2.45) is 21.7 Å². The molecule has 1 aliphatic carbocycles. The van der Waals surface area contributed by atoms with Crippen LogP contribution in [-0.2, 0) is 0 Å². The van der Waals surface area contributed by atoms with Crippen molar-refractivity contribution in [2.45, 2.75) is 26.7 Å². The summed E-state index contributed by atoms with van der Waals surface area (Å²) in [6.07, 6.45) is 1.90. The Morgan fingerprint density at radius 3 is 1.70 bits per heavy atom. The number of hydrogen-bond acceptors (Lipinski definition) is 4. The molecule has 0 atom stereocenters. The van der Waals surface area contributed by atoms with E-state index in [2.05, 4.69) is 24.1 Å². The van der Waals surface area contributed by atoms with Crippen LogP contribution in [0.15, 0.2) is 46.6 Å². The molecular formula is C20H24ClN4O2-. The monoisotopic (exact) mass is 387 g/mol. The van der Waals surface area contributed by atoms with Gasteiger partial charge in [-0.15, -0.1) is 10.2 Å². The summed E-state index contributed by atoms with van der Waals surface area (Å²) in [5.74, 6) is 1.53. The third-order valence-electron chi connectivity index (χ3n) is 3.99. The summed E-state index contributed by atoms with van der Waals surface area (Å²) in [5.41, 5.74) is 15.7. The Morgan fingerprint density at radius 1 is 0.815 bits per heavy atom. The zero-order valence-electron chi connectivity index (χ0n) is 15.5. The summed E-state index contributed by atoms with van der Waals surface area (Å²) in [5, 5.41) is 8.16. The number of benzene rings is 2. The van der Waals surface area contributed by atoms with Crippen molar-refractivity contribution >= 4 is 11.7 Å². The molecule has 1 aliphatic rings. The van der Waals surface area contributed by atoms with Gasteiger partial charge in [0.25, 0.3) is 0 Å². The van der Waals surface area contributed by atoms with E-state index in [-0.39, 0.29) is 18.4 Å². The molecule has 7 heteroatoms. The standard InChI is InChI=1S/C20H24N4O2.ClH/c1-3-9-25-13-5-7-15-16-8-6-14(26-10-4-2)12-18(16)19(17(15)11-13)23-24-20(21)22;/h5-8,11-12H,3-4,9-10H2,1-2H3,(H4,21,22,24);1H/p-1. The Kier molecular flexibility index (Phi) is 7.07. The number of nitrogens with two attached hydrogens (primary N) is 2. The van der Waals surface area contributed by atoms with Gasteiger partial charge in [-0.05, 0) is 60.4 Å². The zero-order chi connectivity index (χ0) is 18.5. The number of hydrogen-bond donors (Lipinski definition) is 2. The lowest BCUT2D eigenvalue weighted by Crippen LogP contribution is -3.00. The van der Waals surface area contributed by atoms with Gasteiger partial charge in [0.15, 0.2) is 0 Å². The average molecular weight is 388 g/mol. The number of ether oxygens (including phenoxy) is 2. The predicted octanol–water partition coefficient (Wildman–Crippen LogP) is 0.274. The highest BCUT2D eigenvalue weighted by atomic mass is 35.5. The minimum absolute atomic E-state index is 0. The summed E-state index contributed by atoms with van der Waals surface area (Å²) >= 11 is 0. The average Bonchev–Trinajstić information content (AvgIpc) is 2.95. The summed E-state index contributed by atoms with van der Waals surface area (Å²) < 4.78 is 11.5. The Morgan fingerprint density at radius 2 is 1.30 bits per heavy atom. The SMILES string of the molecule is CCCOc1ccc2c(c1)C(=NN=C(N)N)c1cc(OCCC)ccc1-2.[Cl-]. The van der Waals surface area contributed by atoms with E-state index in [1.54, 1.807) is 0 Å². The van der Waals surface area contributed by atoms with Gasteiger partial charge >= 0.3 is 0 Å². The Bertz CT molecular complexity index is 802. The number of halogens is 1. The quantitative estimate of drug-likeness (QED) is 0.345. The molecule has 4 N–H and O–H groups in total. The minimum atomic E-state index is -0.0794. The van der Waals surface area contributed by atoms with Crippen molar-refractivity contribution in [1.29, 1.82) is 0 Å². The van der Waals surface area contributed by atoms with Crippen molar-refractivity contribution in [2.75, 3.05) is 13.2 Å². The van der Waals surface area contributed by atoms with Crippen molar-refractivity contribution in [3.05, 3.63) is 47.5 Å². The largest absolute Gasteiger partial charge is 1.00 e. The van der Waals surface area contributed by atoms with Crippen LogP contribution >= 0.6 is 0 Å². The Balaban J connectivity index is 0.00000261. The Hall–Kier alpha value is -2.73. The summed E-state index contributed by atoms with van der Waals surface area (Å²) in [7, 11) is 0. The van der Waals surface area contributed by atoms with Crippen LogP contribution in [0.2, 0.25) is 0 Å². The fraction of sp³-hybridized carbons (Fsp3) is 0.300. The van der Waals surface area contributed by atoms with Crippen molar-refractivity contribution in [3.8, 4) is 22.6 Å². The van der Waals surface area contributed by atoms with E-state index in [4.69, 9.17) is 20.9 Å². The van der Waals surface area contributed by atoms with Crippen LogP contribution in [0, 0.1) is 0 Å².